The van der Waals surface area contributed by atoms with Crippen molar-refractivity contribution in [2.45, 2.75) is 25.8 Å². The molecule has 1 atom stereocenters. The van der Waals surface area contributed by atoms with Crippen LogP contribution in [0.15, 0.2) is 24.3 Å². The second-order valence-electron chi connectivity index (χ2n) is 4.07. The van der Waals surface area contributed by atoms with Crippen LogP contribution in [0.25, 0.3) is 0 Å². The first-order valence-corrected chi connectivity index (χ1v) is 6.18. The molecule has 4 nitrogen and oxygen atoms in total. The van der Waals surface area contributed by atoms with Gasteiger partial charge in [0, 0.05) is 0 Å². The molecule has 0 amide bonds. The SMILES string of the molecule is CCCc1ccc(OCC(NC)C(=O)OC)cc1. The minimum atomic E-state index is -0.440. The second-order valence-corrected chi connectivity index (χ2v) is 4.07. The van der Waals surface area contributed by atoms with Gasteiger partial charge in [-0.05, 0) is 31.2 Å². The third-order valence-corrected chi connectivity index (χ3v) is 2.71. The van der Waals surface area contributed by atoms with Gasteiger partial charge in [0.1, 0.15) is 18.4 Å². The van der Waals surface area contributed by atoms with E-state index in [1.165, 1.54) is 12.7 Å². The van der Waals surface area contributed by atoms with Gasteiger partial charge < -0.3 is 14.8 Å². The first kappa shape index (κ1) is 14.5. The molecule has 0 saturated heterocycles. The van der Waals surface area contributed by atoms with Crippen LogP contribution in [0.3, 0.4) is 0 Å². The molecular formula is C14H21NO3. The molecule has 0 spiro atoms. The molecule has 0 radical (unpaired) electrons. The lowest BCUT2D eigenvalue weighted by Crippen LogP contribution is -2.40. The van der Waals surface area contributed by atoms with E-state index in [1.807, 2.05) is 24.3 Å². The first-order valence-electron chi connectivity index (χ1n) is 6.18. The Morgan fingerprint density at radius 2 is 2.00 bits per heavy atom. The highest BCUT2D eigenvalue weighted by atomic mass is 16.5. The molecule has 1 aromatic carbocycles. The largest absolute Gasteiger partial charge is 0.491 e. The zero-order valence-electron chi connectivity index (χ0n) is 11.2. The zero-order chi connectivity index (χ0) is 13.4. The molecule has 4 heteroatoms. The molecule has 0 bridgehead atoms. The summed E-state index contributed by atoms with van der Waals surface area (Å²) in [5.41, 5.74) is 1.29. The monoisotopic (exact) mass is 251 g/mol. The van der Waals surface area contributed by atoms with Crippen molar-refractivity contribution in [3.05, 3.63) is 29.8 Å². The van der Waals surface area contributed by atoms with Crippen molar-refractivity contribution in [2.75, 3.05) is 20.8 Å². The lowest BCUT2D eigenvalue weighted by atomic mass is 10.1. The number of esters is 1. The van der Waals surface area contributed by atoms with Crippen LogP contribution in [-0.4, -0.2) is 32.8 Å². The summed E-state index contributed by atoms with van der Waals surface area (Å²) in [5.74, 6) is 0.444. The zero-order valence-corrected chi connectivity index (χ0v) is 11.2. The molecule has 1 rings (SSSR count). The first-order chi connectivity index (χ1) is 8.71. The molecule has 0 aliphatic rings. The van der Waals surface area contributed by atoms with Gasteiger partial charge in [0.2, 0.25) is 0 Å². The minimum Gasteiger partial charge on any atom is -0.491 e. The highest BCUT2D eigenvalue weighted by Gasteiger charge is 2.17. The summed E-state index contributed by atoms with van der Waals surface area (Å²) in [6.45, 7) is 2.41. The van der Waals surface area contributed by atoms with E-state index >= 15 is 0 Å². The predicted octanol–water partition coefficient (Wildman–Crippen LogP) is 1.78. The Hall–Kier alpha value is -1.55. The minimum absolute atomic E-state index is 0.260. The van der Waals surface area contributed by atoms with E-state index in [0.717, 1.165) is 18.6 Å². The Morgan fingerprint density at radius 1 is 1.33 bits per heavy atom. The van der Waals surface area contributed by atoms with Crippen molar-refractivity contribution in [1.29, 1.82) is 0 Å². The average molecular weight is 251 g/mol. The van der Waals surface area contributed by atoms with E-state index in [-0.39, 0.29) is 12.6 Å². The fourth-order valence-electron chi connectivity index (χ4n) is 1.63. The van der Waals surface area contributed by atoms with Gasteiger partial charge >= 0.3 is 5.97 Å². The lowest BCUT2D eigenvalue weighted by molar-refractivity contribution is -0.143. The normalized spacial score (nSPS) is 11.9. The number of carbonyl (C=O) groups excluding carboxylic acids is 1. The lowest BCUT2D eigenvalue weighted by Gasteiger charge is -2.14. The second kappa shape index (κ2) is 7.71. The number of nitrogens with one attached hydrogen (secondary N) is 1. The number of aryl methyl sites for hydroxylation is 1. The maximum atomic E-state index is 11.3. The number of hydrogen-bond donors (Lipinski definition) is 1. The standard InChI is InChI=1S/C14H21NO3/c1-4-5-11-6-8-12(9-7-11)18-10-13(15-2)14(16)17-3/h6-9,13,15H,4-5,10H2,1-3H3. The number of methoxy groups -OCH3 is 1. The van der Waals surface area contributed by atoms with Gasteiger partial charge in [-0.25, -0.2) is 0 Å². The van der Waals surface area contributed by atoms with E-state index in [4.69, 9.17) is 4.74 Å². The van der Waals surface area contributed by atoms with Crippen LogP contribution in [0.2, 0.25) is 0 Å². The molecule has 0 aromatic heterocycles. The highest BCUT2D eigenvalue weighted by Crippen LogP contribution is 2.13. The van der Waals surface area contributed by atoms with Gasteiger partial charge in [-0.3, -0.25) is 4.79 Å². The maximum absolute atomic E-state index is 11.3. The summed E-state index contributed by atoms with van der Waals surface area (Å²) < 4.78 is 10.2. The van der Waals surface area contributed by atoms with Crippen LogP contribution >= 0.6 is 0 Å². The smallest absolute Gasteiger partial charge is 0.326 e. The highest BCUT2D eigenvalue weighted by molar-refractivity contribution is 5.75. The van der Waals surface area contributed by atoms with Crippen LogP contribution in [0.4, 0.5) is 0 Å². The summed E-state index contributed by atoms with van der Waals surface area (Å²) in [6, 6.07) is 7.51. The molecule has 1 N–H and O–H groups in total. The number of likely N-dealkylation sites (N-methyl/N-ethyl adjacent to an activating group) is 1. The van der Waals surface area contributed by atoms with E-state index < -0.39 is 6.04 Å². The molecule has 0 saturated carbocycles. The third kappa shape index (κ3) is 4.37. The molecule has 0 fully saturated rings. The van der Waals surface area contributed by atoms with E-state index in [1.54, 1.807) is 7.05 Å². The van der Waals surface area contributed by atoms with Crippen LogP contribution < -0.4 is 10.1 Å². The molecule has 1 unspecified atom stereocenters. The van der Waals surface area contributed by atoms with Gasteiger partial charge in [-0.1, -0.05) is 25.5 Å². The van der Waals surface area contributed by atoms with Gasteiger partial charge in [0.05, 0.1) is 7.11 Å². The number of ether oxygens (including phenoxy) is 2. The summed E-state index contributed by atoms with van der Waals surface area (Å²) >= 11 is 0. The maximum Gasteiger partial charge on any atom is 0.326 e. The van der Waals surface area contributed by atoms with E-state index in [9.17, 15) is 4.79 Å². The molecular weight excluding hydrogens is 230 g/mol. The molecule has 0 aliphatic heterocycles. The molecule has 0 heterocycles. The van der Waals surface area contributed by atoms with Crippen molar-refractivity contribution in [3.63, 3.8) is 0 Å². The van der Waals surface area contributed by atoms with Crippen LogP contribution in [0.5, 0.6) is 5.75 Å². The molecule has 100 valence electrons. The van der Waals surface area contributed by atoms with Crippen LogP contribution in [-0.2, 0) is 16.0 Å². The average Bonchev–Trinajstić information content (AvgIpc) is 2.41. The summed E-state index contributed by atoms with van der Waals surface area (Å²) in [4.78, 5) is 11.3. The van der Waals surface area contributed by atoms with Crippen molar-refractivity contribution >= 4 is 5.97 Å². The van der Waals surface area contributed by atoms with Crippen molar-refractivity contribution < 1.29 is 14.3 Å². The van der Waals surface area contributed by atoms with Crippen LogP contribution in [0, 0.1) is 0 Å². The fraction of sp³-hybridized carbons (Fsp3) is 0.500. The quantitative estimate of drug-likeness (QED) is 0.750. The van der Waals surface area contributed by atoms with E-state index in [0.29, 0.717) is 0 Å². The summed E-state index contributed by atoms with van der Waals surface area (Å²) in [6.07, 6.45) is 2.20. The van der Waals surface area contributed by atoms with Crippen molar-refractivity contribution in [3.8, 4) is 5.75 Å². The Kier molecular flexibility index (Phi) is 6.22. The summed E-state index contributed by atoms with van der Waals surface area (Å²) in [7, 11) is 3.07. The number of hydrogen-bond acceptors (Lipinski definition) is 4. The van der Waals surface area contributed by atoms with Crippen LogP contribution in [0.1, 0.15) is 18.9 Å². The molecule has 1 aromatic rings. The van der Waals surface area contributed by atoms with Gasteiger partial charge in [0.15, 0.2) is 0 Å². The third-order valence-electron chi connectivity index (χ3n) is 2.71. The van der Waals surface area contributed by atoms with Gasteiger partial charge in [0.25, 0.3) is 0 Å². The Labute approximate surface area is 108 Å². The number of benzene rings is 1. The van der Waals surface area contributed by atoms with Gasteiger partial charge in [-0.15, -0.1) is 0 Å². The number of rotatable bonds is 7. The van der Waals surface area contributed by atoms with Crippen molar-refractivity contribution in [2.24, 2.45) is 0 Å². The topological polar surface area (TPSA) is 47.6 Å². The number of carbonyl (C=O) groups is 1. The molecule has 18 heavy (non-hydrogen) atoms. The molecule has 0 aliphatic carbocycles. The Morgan fingerprint density at radius 3 is 2.50 bits per heavy atom. The Balaban J connectivity index is 2.49. The summed E-state index contributed by atoms with van der Waals surface area (Å²) in [5, 5.41) is 2.86. The Bertz CT molecular complexity index is 362. The van der Waals surface area contributed by atoms with E-state index in [2.05, 4.69) is 17.0 Å². The van der Waals surface area contributed by atoms with Crippen molar-refractivity contribution in [1.82, 2.24) is 5.32 Å². The predicted molar refractivity (Wildman–Crippen MR) is 70.8 cm³/mol. The van der Waals surface area contributed by atoms with Gasteiger partial charge in [-0.2, -0.15) is 0 Å². The fourth-order valence-corrected chi connectivity index (χ4v) is 1.63.